The van der Waals surface area contributed by atoms with E-state index in [9.17, 15) is 0 Å². The van der Waals surface area contributed by atoms with Gasteiger partial charge in [-0.05, 0) is 24.7 Å². The largest absolute Gasteiger partial charge is 0.369 e. The minimum absolute atomic E-state index is 0.777. The van der Waals surface area contributed by atoms with Crippen LogP contribution in [0.15, 0.2) is 12.5 Å². The summed E-state index contributed by atoms with van der Waals surface area (Å²) in [4.78, 5) is 8.63. The van der Waals surface area contributed by atoms with E-state index in [-0.39, 0.29) is 0 Å². The number of nitrogens with zero attached hydrogens (tertiary/aromatic N) is 4. The van der Waals surface area contributed by atoms with Crippen molar-refractivity contribution in [1.29, 1.82) is 0 Å². The zero-order valence-electron chi connectivity index (χ0n) is 12.3. The monoisotopic (exact) mass is 273 g/mol. The highest BCUT2D eigenvalue weighted by Crippen LogP contribution is 2.31. The molecule has 0 aliphatic heterocycles. The second-order valence-corrected chi connectivity index (χ2v) is 5.90. The van der Waals surface area contributed by atoms with Crippen molar-refractivity contribution in [3.8, 4) is 0 Å². The molecular weight excluding hydrogens is 250 g/mol. The van der Waals surface area contributed by atoms with Crippen LogP contribution in [0.25, 0.3) is 11.0 Å². The lowest BCUT2D eigenvalue weighted by Gasteiger charge is -2.28. The number of rotatable bonds is 4. The highest BCUT2D eigenvalue weighted by atomic mass is 15.3. The van der Waals surface area contributed by atoms with Crippen molar-refractivity contribution in [3.63, 3.8) is 0 Å². The third-order valence-electron chi connectivity index (χ3n) is 4.63. The van der Waals surface area contributed by atoms with Crippen LogP contribution in [0, 0.1) is 11.8 Å². The van der Waals surface area contributed by atoms with E-state index >= 15 is 0 Å². The van der Waals surface area contributed by atoms with Crippen LogP contribution in [-0.2, 0) is 7.05 Å². The summed E-state index contributed by atoms with van der Waals surface area (Å²) in [5, 5.41) is 8.76. The minimum atomic E-state index is 0.777. The molecule has 5 heteroatoms. The summed E-state index contributed by atoms with van der Waals surface area (Å²) in [5.74, 6) is 2.65. The molecule has 0 radical (unpaired) electrons. The normalized spacial score (nSPS) is 23.1. The Morgan fingerprint density at radius 1 is 1.20 bits per heavy atom. The van der Waals surface area contributed by atoms with Crippen LogP contribution in [0.3, 0.4) is 0 Å². The Labute approximate surface area is 119 Å². The Kier molecular flexibility index (Phi) is 3.85. The molecule has 1 saturated carbocycles. The first-order valence-electron chi connectivity index (χ1n) is 7.64. The molecule has 2 heterocycles. The lowest BCUT2D eigenvalue weighted by atomic mass is 9.81. The van der Waals surface area contributed by atoms with Crippen molar-refractivity contribution in [3.05, 3.63) is 12.5 Å². The maximum absolute atomic E-state index is 4.36. The zero-order valence-corrected chi connectivity index (χ0v) is 12.3. The fraction of sp³-hybridized carbons (Fsp3) is 0.667. The van der Waals surface area contributed by atoms with Gasteiger partial charge in [0.1, 0.15) is 12.1 Å². The summed E-state index contributed by atoms with van der Waals surface area (Å²) in [6.07, 6.45) is 10.2. The molecule has 2 aromatic heterocycles. The zero-order chi connectivity index (χ0) is 13.9. The van der Waals surface area contributed by atoms with Gasteiger partial charge in [0.25, 0.3) is 0 Å². The van der Waals surface area contributed by atoms with Gasteiger partial charge in [0.2, 0.25) is 0 Å². The van der Waals surface area contributed by atoms with Crippen molar-refractivity contribution >= 4 is 16.9 Å². The average Bonchev–Trinajstić information content (AvgIpc) is 2.88. The number of fused-ring (bicyclic) bond motifs is 1. The fourth-order valence-corrected chi connectivity index (χ4v) is 3.19. The summed E-state index contributed by atoms with van der Waals surface area (Å²) < 4.78 is 1.79. The Balaban J connectivity index is 1.63. The molecule has 0 spiro atoms. The van der Waals surface area contributed by atoms with Gasteiger partial charge in [-0.3, -0.25) is 4.68 Å². The molecule has 1 fully saturated rings. The number of aromatic nitrogens is 4. The van der Waals surface area contributed by atoms with E-state index in [1.165, 1.54) is 32.1 Å². The van der Waals surface area contributed by atoms with Gasteiger partial charge < -0.3 is 5.32 Å². The quantitative estimate of drug-likeness (QED) is 0.930. The van der Waals surface area contributed by atoms with Crippen LogP contribution >= 0.6 is 0 Å². The predicted octanol–water partition coefficient (Wildman–Crippen LogP) is 2.99. The molecule has 0 unspecified atom stereocenters. The standard InChI is InChI=1S/C15H23N5/c1-3-11-4-6-12(7-5-11)8-16-14-13-9-19-20(2)15(13)18-10-17-14/h9-12H,3-8H2,1-2H3,(H,16,17,18). The molecule has 1 aliphatic carbocycles. The van der Waals surface area contributed by atoms with Gasteiger partial charge in [-0.1, -0.05) is 26.2 Å². The fourth-order valence-electron chi connectivity index (χ4n) is 3.19. The van der Waals surface area contributed by atoms with Crippen LogP contribution in [0.1, 0.15) is 39.0 Å². The van der Waals surface area contributed by atoms with Crippen molar-refractivity contribution in [2.75, 3.05) is 11.9 Å². The van der Waals surface area contributed by atoms with Gasteiger partial charge in [-0.25, -0.2) is 9.97 Å². The Morgan fingerprint density at radius 3 is 2.70 bits per heavy atom. The third-order valence-corrected chi connectivity index (χ3v) is 4.63. The van der Waals surface area contributed by atoms with E-state index in [0.717, 1.165) is 35.2 Å². The smallest absolute Gasteiger partial charge is 0.163 e. The minimum Gasteiger partial charge on any atom is -0.369 e. The van der Waals surface area contributed by atoms with Crippen LogP contribution in [-0.4, -0.2) is 26.3 Å². The highest BCUT2D eigenvalue weighted by Gasteiger charge is 2.20. The molecule has 0 aromatic carbocycles. The second-order valence-electron chi connectivity index (χ2n) is 5.90. The molecule has 0 atom stereocenters. The topological polar surface area (TPSA) is 55.6 Å². The SMILES string of the molecule is CCC1CCC(CNc2ncnc3c2cnn3C)CC1. The Bertz CT molecular complexity index is 569. The van der Waals surface area contributed by atoms with Crippen molar-refractivity contribution in [2.24, 2.45) is 18.9 Å². The number of hydrogen-bond donors (Lipinski definition) is 1. The predicted molar refractivity (Wildman–Crippen MR) is 80.5 cm³/mol. The summed E-state index contributed by atoms with van der Waals surface area (Å²) >= 11 is 0. The van der Waals surface area contributed by atoms with Crippen molar-refractivity contribution < 1.29 is 0 Å². The third kappa shape index (κ3) is 2.62. The molecule has 5 nitrogen and oxygen atoms in total. The van der Waals surface area contributed by atoms with Gasteiger partial charge in [-0.15, -0.1) is 0 Å². The van der Waals surface area contributed by atoms with Crippen molar-refractivity contribution in [2.45, 2.75) is 39.0 Å². The average molecular weight is 273 g/mol. The Hall–Kier alpha value is -1.65. The van der Waals surface area contributed by atoms with E-state index in [0.29, 0.717) is 0 Å². The van der Waals surface area contributed by atoms with Crippen LogP contribution in [0.4, 0.5) is 5.82 Å². The first-order valence-corrected chi connectivity index (χ1v) is 7.64. The number of anilines is 1. The molecule has 2 aromatic rings. The molecule has 1 N–H and O–H groups in total. The molecule has 0 amide bonds. The first kappa shape index (κ1) is 13.3. The summed E-state index contributed by atoms with van der Waals surface area (Å²) in [5.41, 5.74) is 0.886. The maximum Gasteiger partial charge on any atom is 0.163 e. The lowest BCUT2D eigenvalue weighted by Crippen LogP contribution is -2.21. The van der Waals surface area contributed by atoms with Crippen LogP contribution < -0.4 is 5.32 Å². The number of hydrogen-bond acceptors (Lipinski definition) is 4. The number of aryl methyl sites for hydroxylation is 1. The molecule has 1 aliphatic rings. The summed E-state index contributed by atoms with van der Waals surface area (Å²) in [7, 11) is 1.91. The van der Waals surface area contributed by atoms with Gasteiger partial charge in [-0.2, -0.15) is 5.10 Å². The molecular formula is C15H23N5. The van der Waals surface area contributed by atoms with Gasteiger partial charge in [0.15, 0.2) is 5.65 Å². The van der Waals surface area contributed by atoms with Gasteiger partial charge >= 0.3 is 0 Å². The van der Waals surface area contributed by atoms with E-state index in [1.54, 1.807) is 11.0 Å². The van der Waals surface area contributed by atoms with Crippen LogP contribution in [0.5, 0.6) is 0 Å². The maximum atomic E-state index is 4.36. The van der Waals surface area contributed by atoms with Crippen LogP contribution in [0.2, 0.25) is 0 Å². The lowest BCUT2D eigenvalue weighted by molar-refractivity contribution is 0.278. The molecule has 3 rings (SSSR count). The summed E-state index contributed by atoms with van der Waals surface area (Å²) in [6, 6.07) is 0. The second kappa shape index (κ2) is 5.77. The van der Waals surface area contributed by atoms with Crippen molar-refractivity contribution in [1.82, 2.24) is 19.7 Å². The highest BCUT2D eigenvalue weighted by molar-refractivity contribution is 5.85. The van der Waals surface area contributed by atoms with E-state index in [1.807, 2.05) is 13.2 Å². The molecule has 20 heavy (non-hydrogen) atoms. The van der Waals surface area contributed by atoms with E-state index < -0.39 is 0 Å². The molecule has 0 saturated heterocycles. The molecule has 108 valence electrons. The first-order chi connectivity index (χ1) is 9.78. The van der Waals surface area contributed by atoms with E-state index in [4.69, 9.17) is 0 Å². The summed E-state index contributed by atoms with van der Waals surface area (Å²) in [6.45, 7) is 3.32. The van der Waals surface area contributed by atoms with Gasteiger partial charge in [0.05, 0.1) is 11.6 Å². The Morgan fingerprint density at radius 2 is 1.95 bits per heavy atom. The molecule has 0 bridgehead atoms. The number of nitrogens with one attached hydrogen (secondary N) is 1. The van der Waals surface area contributed by atoms with Gasteiger partial charge in [0, 0.05) is 13.6 Å². The van der Waals surface area contributed by atoms with E-state index in [2.05, 4.69) is 27.3 Å².